The molecular weight excluding hydrogens is 243 g/mol. The molecule has 1 atom stereocenters. The number of benzene rings is 2. The monoisotopic (exact) mass is 256 g/mol. The van der Waals surface area contributed by atoms with Gasteiger partial charge in [0.2, 0.25) is 0 Å². The highest BCUT2D eigenvalue weighted by molar-refractivity contribution is 5.73. The lowest BCUT2D eigenvalue weighted by atomic mass is 10.0. The van der Waals surface area contributed by atoms with Crippen molar-refractivity contribution in [2.75, 3.05) is 6.61 Å². The molecule has 4 heteroatoms. The van der Waals surface area contributed by atoms with Crippen LogP contribution < -0.4 is 5.73 Å². The summed E-state index contributed by atoms with van der Waals surface area (Å²) in [4.78, 5) is 4.20. The molecule has 0 saturated heterocycles. The van der Waals surface area contributed by atoms with E-state index in [0.717, 1.165) is 16.7 Å². The summed E-state index contributed by atoms with van der Waals surface area (Å²) in [5.74, 6) is -0.228. The first kappa shape index (κ1) is 11.7. The first-order valence-electron chi connectivity index (χ1n) is 6.04. The average Bonchev–Trinajstić information content (AvgIpc) is 2.87. The first-order valence-corrected chi connectivity index (χ1v) is 6.04. The van der Waals surface area contributed by atoms with E-state index in [9.17, 15) is 4.39 Å². The van der Waals surface area contributed by atoms with Crippen molar-refractivity contribution < 1.29 is 9.13 Å². The molecule has 1 unspecified atom stereocenters. The summed E-state index contributed by atoms with van der Waals surface area (Å²) < 4.78 is 18.0. The lowest BCUT2D eigenvalue weighted by molar-refractivity contribution is 0.315. The van der Waals surface area contributed by atoms with E-state index in [4.69, 9.17) is 10.5 Å². The van der Waals surface area contributed by atoms with Crippen LogP contribution in [0.25, 0.3) is 11.1 Å². The van der Waals surface area contributed by atoms with Crippen molar-refractivity contribution in [2.24, 2.45) is 10.7 Å². The molecule has 0 aromatic heterocycles. The number of hydrogen-bond acceptors (Lipinski definition) is 3. The fraction of sp³-hybridized carbons (Fsp3) is 0.133. The third-order valence-corrected chi connectivity index (χ3v) is 3.15. The Hall–Kier alpha value is -2.36. The highest BCUT2D eigenvalue weighted by atomic mass is 19.1. The zero-order chi connectivity index (χ0) is 13.2. The predicted molar refractivity (Wildman–Crippen MR) is 72.2 cm³/mol. The molecule has 0 saturated carbocycles. The van der Waals surface area contributed by atoms with Crippen LogP contribution >= 0.6 is 0 Å². The maximum absolute atomic E-state index is 12.9. The van der Waals surface area contributed by atoms with Crippen LogP contribution in [0.4, 0.5) is 4.39 Å². The van der Waals surface area contributed by atoms with E-state index < -0.39 is 0 Å². The summed E-state index contributed by atoms with van der Waals surface area (Å²) in [7, 11) is 0. The number of aliphatic imine (C=N–C) groups is 1. The third-order valence-electron chi connectivity index (χ3n) is 3.15. The van der Waals surface area contributed by atoms with E-state index in [1.54, 1.807) is 12.1 Å². The topological polar surface area (TPSA) is 47.6 Å². The molecule has 1 aliphatic rings. The summed E-state index contributed by atoms with van der Waals surface area (Å²) >= 11 is 0. The van der Waals surface area contributed by atoms with Crippen LogP contribution in [0.1, 0.15) is 11.6 Å². The molecule has 2 N–H and O–H groups in total. The van der Waals surface area contributed by atoms with Gasteiger partial charge in [0.1, 0.15) is 18.5 Å². The second-order valence-electron chi connectivity index (χ2n) is 4.42. The van der Waals surface area contributed by atoms with Gasteiger partial charge < -0.3 is 10.5 Å². The van der Waals surface area contributed by atoms with Gasteiger partial charge in [-0.1, -0.05) is 36.4 Å². The Balaban J connectivity index is 1.85. The summed E-state index contributed by atoms with van der Waals surface area (Å²) in [5.41, 5.74) is 8.58. The van der Waals surface area contributed by atoms with Gasteiger partial charge in [-0.05, 0) is 28.8 Å². The van der Waals surface area contributed by atoms with Crippen molar-refractivity contribution in [3.8, 4) is 11.1 Å². The highest BCUT2D eigenvalue weighted by Crippen LogP contribution is 2.25. The number of rotatable bonds is 2. The fourth-order valence-corrected chi connectivity index (χ4v) is 2.10. The quantitative estimate of drug-likeness (QED) is 0.898. The van der Waals surface area contributed by atoms with Gasteiger partial charge in [0, 0.05) is 0 Å². The summed E-state index contributed by atoms with van der Waals surface area (Å²) in [6.07, 6.45) is 0. The minimum absolute atomic E-state index is 0.0257. The van der Waals surface area contributed by atoms with Crippen molar-refractivity contribution in [3.05, 3.63) is 59.9 Å². The van der Waals surface area contributed by atoms with Crippen LogP contribution in [0.3, 0.4) is 0 Å². The van der Waals surface area contributed by atoms with Crippen LogP contribution in [0, 0.1) is 5.82 Å². The van der Waals surface area contributed by atoms with Gasteiger partial charge >= 0.3 is 0 Å². The van der Waals surface area contributed by atoms with Gasteiger partial charge in [-0.25, -0.2) is 9.38 Å². The zero-order valence-corrected chi connectivity index (χ0v) is 10.2. The molecule has 3 rings (SSSR count). The maximum Gasteiger partial charge on any atom is 0.282 e. The normalized spacial score (nSPS) is 17.9. The van der Waals surface area contributed by atoms with Crippen molar-refractivity contribution in [1.82, 2.24) is 0 Å². The molecule has 0 fully saturated rings. The van der Waals surface area contributed by atoms with Gasteiger partial charge in [0.25, 0.3) is 6.02 Å². The Morgan fingerprint density at radius 2 is 1.58 bits per heavy atom. The largest absolute Gasteiger partial charge is 0.463 e. The SMILES string of the molecule is NC1=NC(c2ccc(-c3ccc(F)cc3)cc2)CO1. The van der Waals surface area contributed by atoms with Crippen LogP contribution in [-0.2, 0) is 4.74 Å². The second kappa shape index (κ2) is 4.72. The molecule has 1 aliphatic heterocycles. The van der Waals surface area contributed by atoms with Crippen LogP contribution in [-0.4, -0.2) is 12.6 Å². The Morgan fingerprint density at radius 1 is 1.00 bits per heavy atom. The van der Waals surface area contributed by atoms with Crippen LogP contribution in [0.2, 0.25) is 0 Å². The molecule has 2 aromatic carbocycles. The van der Waals surface area contributed by atoms with E-state index >= 15 is 0 Å². The molecule has 1 heterocycles. The summed E-state index contributed by atoms with van der Waals surface area (Å²) in [6, 6.07) is 14.6. The lowest BCUT2D eigenvalue weighted by Gasteiger charge is -2.07. The van der Waals surface area contributed by atoms with E-state index in [1.165, 1.54) is 12.1 Å². The number of amidine groups is 1. The van der Waals surface area contributed by atoms with E-state index in [0.29, 0.717) is 6.61 Å². The molecule has 0 spiro atoms. The Kier molecular flexibility index (Phi) is 2.91. The molecule has 3 nitrogen and oxygen atoms in total. The van der Waals surface area contributed by atoms with Gasteiger partial charge in [0.05, 0.1) is 0 Å². The van der Waals surface area contributed by atoms with E-state index in [-0.39, 0.29) is 17.9 Å². The Bertz CT molecular complexity index is 605. The van der Waals surface area contributed by atoms with Crippen molar-refractivity contribution in [1.29, 1.82) is 0 Å². The fourth-order valence-electron chi connectivity index (χ4n) is 2.10. The van der Waals surface area contributed by atoms with Crippen molar-refractivity contribution in [3.63, 3.8) is 0 Å². The van der Waals surface area contributed by atoms with Crippen molar-refractivity contribution >= 4 is 6.02 Å². The number of nitrogens with zero attached hydrogens (tertiary/aromatic N) is 1. The summed E-state index contributed by atoms with van der Waals surface area (Å²) in [6.45, 7) is 0.488. The standard InChI is InChI=1S/C15H13FN2O/c16-13-7-5-11(6-8-13)10-1-3-12(4-2-10)14-9-19-15(17)18-14/h1-8,14H,9H2,(H2,17,18). The molecule has 96 valence electrons. The van der Waals surface area contributed by atoms with Gasteiger partial charge in [-0.15, -0.1) is 0 Å². The smallest absolute Gasteiger partial charge is 0.282 e. The molecule has 0 radical (unpaired) electrons. The molecule has 2 aromatic rings. The minimum atomic E-state index is -0.228. The molecule has 19 heavy (non-hydrogen) atoms. The number of halogens is 1. The number of hydrogen-bond donors (Lipinski definition) is 1. The van der Waals surface area contributed by atoms with Crippen molar-refractivity contribution in [2.45, 2.75) is 6.04 Å². The Morgan fingerprint density at radius 3 is 2.11 bits per heavy atom. The predicted octanol–water partition coefficient (Wildman–Crippen LogP) is 2.88. The zero-order valence-electron chi connectivity index (χ0n) is 10.2. The third kappa shape index (κ3) is 2.42. The number of ether oxygens (including phenoxy) is 1. The molecule has 0 bridgehead atoms. The number of nitrogens with two attached hydrogens (primary N) is 1. The molecular formula is C15H13FN2O. The second-order valence-corrected chi connectivity index (χ2v) is 4.42. The average molecular weight is 256 g/mol. The van der Waals surface area contributed by atoms with Gasteiger partial charge in [0.15, 0.2) is 0 Å². The molecule has 0 amide bonds. The first-order chi connectivity index (χ1) is 9.22. The summed E-state index contributed by atoms with van der Waals surface area (Å²) in [5, 5.41) is 0. The minimum Gasteiger partial charge on any atom is -0.463 e. The maximum atomic E-state index is 12.9. The van der Waals surface area contributed by atoms with E-state index in [1.807, 2.05) is 24.3 Å². The van der Waals surface area contributed by atoms with Crippen LogP contribution in [0.5, 0.6) is 0 Å². The lowest BCUT2D eigenvalue weighted by Crippen LogP contribution is -2.10. The molecule has 0 aliphatic carbocycles. The van der Waals surface area contributed by atoms with Gasteiger partial charge in [-0.3, -0.25) is 0 Å². The van der Waals surface area contributed by atoms with Crippen LogP contribution in [0.15, 0.2) is 53.5 Å². The van der Waals surface area contributed by atoms with E-state index in [2.05, 4.69) is 4.99 Å². The Labute approximate surface area is 110 Å². The highest BCUT2D eigenvalue weighted by Gasteiger charge is 2.18. The van der Waals surface area contributed by atoms with Gasteiger partial charge in [-0.2, -0.15) is 0 Å².